The molecular formula is C21H30N4O3. The van der Waals surface area contributed by atoms with Crippen molar-refractivity contribution < 1.29 is 14.4 Å². The molecule has 1 aromatic rings. The molecule has 1 unspecified atom stereocenters. The number of likely N-dealkylation sites (N-methyl/N-ethyl adjacent to an activating group) is 1. The van der Waals surface area contributed by atoms with Gasteiger partial charge in [-0.3, -0.25) is 19.3 Å². The summed E-state index contributed by atoms with van der Waals surface area (Å²) < 4.78 is 0. The Balaban J connectivity index is 1.61. The molecule has 0 aromatic heterocycles. The van der Waals surface area contributed by atoms with Gasteiger partial charge < -0.3 is 15.1 Å². The SMILES string of the molecule is CCNC(=O)CN1CCN(C(=O)CC2c3ccccc3CCN2C(C)=O)CC1. The summed E-state index contributed by atoms with van der Waals surface area (Å²) in [7, 11) is 0. The van der Waals surface area contributed by atoms with Gasteiger partial charge in [0.1, 0.15) is 0 Å². The number of nitrogens with one attached hydrogen (secondary N) is 1. The minimum absolute atomic E-state index is 0.0130. The van der Waals surface area contributed by atoms with Gasteiger partial charge in [-0.15, -0.1) is 0 Å². The molecule has 1 saturated heterocycles. The van der Waals surface area contributed by atoms with E-state index in [0.29, 0.717) is 52.2 Å². The van der Waals surface area contributed by atoms with E-state index in [1.54, 1.807) is 6.92 Å². The van der Waals surface area contributed by atoms with Crippen molar-refractivity contribution in [2.45, 2.75) is 32.7 Å². The van der Waals surface area contributed by atoms with Crippen molar-refractivity contribution in [3.63, 3.8) is 0 Å². The largest absolute Gasteiger partial charge is 0.355 e. The van der Waals surface area contributed by atoms with Crippen LogP contribution in [-0.4, -0.2) is 78.2 Å². The Morgan fingerprint density at radius 1 is 1.07 bits per heavy atom. The smallest absolute Gasteiger partial charge is 0.234 e. The molecule has 2 aliphatic rings. The monoisotopic (exact) mass is 386 g/mol. The number of hydrogen-bond acceptors (Lipinski definition) is 4. The van der Waals surface area contributed by atoms with Crippen LogP contribution in [0.1, 0.15) is 37.4 Å². The molecule has 1 fully saturated rings. The maximum Gasteiger partial charge on any atom is 0.234 e. The molecule has 0 bridgehead atoms. The lowest BCUT2D eigenvalue weighted by atomic mass is 9.90. The fourth-order valence-corrected chi connectivity index (χ4v) is 4.15. The summed E-state index contributed by atoms with van der Waals surface area (Å²) in [4.78, 5) is 42.6. The van der Waals surface area contributed by atoms with Gasteiger partial charge in [0.05, 0.1) is 19.0 Å². The Labute approximate surface area is 166 Å². The van der Waals surface area contributed by atoms with Crippen LogP contribution in [0.3, 0.4) is 0 Å². The highest BCUT2D eigenvalue weighted by Gasteiger charge is 2.32. The molecule has 7 nitrogen and oxygen atoms in total. The van der Waals surface area contributed by atoms with E-state index < -0.39 is 0 Å². The molecule has 0 aliphatic carbocycles. The third-order valence-corrected chi connectivity index (χ3v) is 5.65. The van der Waals surface area contributed by atoms with E-state index in [-0.39, 0.29) is 23.8 Å². The first-order valence-electron chi connectivity index (χ1n) is 10.1. The predicted octanol–water partition coefficient (Wildman–Crippen LogP) is 0.803. The number of amides is 3. The average Bonchev–Trinajstić information content (AvgIpc) is 2.68. The molecule has 1 atom stereocenters. The first-order valence-corrected chi connectivity index (χ1v) is 10.1. The van der Waals surface area contributed by atoms with Crippen LogP contribution in [0.2, 0.25) is 0 Å². The zero-order valence-electron chi connectivity index (χ0n) is 16.8. The van der Waals surface area contributed by atoms with Crippen molar-refractivity contribution in [3.05, 3.63) is 35.4 Å². The van der Waals surface area contributed by atoms with Gasteiger partial charge >= 0.3 is 0 Å². The summed E-state index contributed by atoms with van der Waals surface area (Å²) >= 11 is 0. The second-order valence-corrected chi connectivity index (χ2v) is 7.49. The van der Waals surface area contributed by atoms with Crippen LogP contribution in [0, 0.1) is 0 Å². The molecule has 0 saturated carbocycles. The van der Waals surface area contributed by atoms with Gasteiger partial charge in [-0.05, 0) is 24.5 Å². The summed E-state index contributed by atoms with van der Waals surface area (Å²) in [5, 5.41) is 2.81. The highest BCUT2D eigenvalue weighted by atomic mass is 16.2. The maximum absolute atomic E-state index is 13.0. The highest BCUT2D eigenvalue weighted by molar-refractivity contribution is 5.80. The van der Waals surface area contributed by atoms with Crippen LogP contribution in [0.4, 0.5) is 0 Å². The number of benzene rings is 1. The summed E-state index contributed by atoms with van der Waals surface area (Å²) in [5.41, 5.74) is 2.32. The minimum Gasteiger partial charge on any atom is -0.355 e. The van der Waals surface area contributed by atoms with E-state index in [1.165, 1.54) is 5.56 Å². The summed E-state index contributed by atoms with van der Waals surface area (Å²) in [6.07, 6.45) is 1.14. The zero-order valence-corrected chi connectivity index (χ0v) is 16.8. The van der Waals surface area contributed by atoms with Crippen molar-refractivity contribution in [1.29, 1.82) is 0 Å². The number of carbonyl (C=O) groups excluding carboxylic acids is 3. The second-order valence-electron chi connectivity index (χ2n) is 7.49. The van der Waals surface area contributed by atoms with Gasteiger partial charge in [0, 0.05) is 46.2 Å². The Kier molecular flexibility index (Phi) is 6.67. The standard InChI is InChI=1S/C21H30N4O3/c1-3-22-20(27)15-23-10-12-24(13-11-23)21(28)14-19-18-7-5-4-6-17(18)8-9-25(19)16(2)26/h4-7,19H,3,8-15H2,1-2H3,(H,22,27). The predicted molar refractivity (Wildman–Crippen MR) is 107 cm³/mol. The van der Waals surface area contributed by atoms with Gasteiger partial charge in [0.2, 0.25) is 17.7 Å². The molecule has 1 aromatic carbocycles. The lowest BCUT2D eigenvalue weighted by Gasteiger charge is -2.39. The second kappa shape index (κ2) is 9.19. The normalized spacial score (nSPS) is 19.9. The molecule has 0 spiro atoms. The third kappa shape index (κ3) is 4.70. The van der Waals surface area contributed by atoms with E-state index in [9.17, 15) is 14.4 Å². The number of carbonyl (C=O) groups is 3. The number of piperazine rings is 1. The number of nitrogens with zero attached hydrogens (tertiary/aromatic N) is 3. The fourth-order valence-electron chi connectivity index (χ4n) is 4.15. The van der Waals surface area contributed by atoms with Gasteiger partial charge in [-0.1, -0.05) is 24.3 Å². The molecule has 2 heterocycles. The first-order chi connectivity index (χ1) is 13.5. The van der Waals surface area contributed by atoms with Gasteiger partial charge in [-0.25, -0.2) is 0 Å². The van der Waals surface area contributed by atoms with Crippen molar-refractivity contribution >= 4 is 17.7 Å². The van der Waals surface area contributed by atoms with Crippen LogP contribution in [0.15, 0.2) is 24.3 Å². The van der Waals surface area contributed by atoms with Crippen molar-refractivity contribution in [2.75, 3.05) is 45.8 Å². The van der Waals surface area contributed by atoms with E-state index in [2.05, 4.69) is 16.3 Å². The quantitative estimate of drug-likeness (QED) is 0.813. The molecule has 0 radical (unpaired) electrons. The number of rotatable bonds is 5. The van der Waals surface area contributed by atoms with Crippen molar-refractivity contribution in [3.8, 4) is 0 Å². The van der Waals surface area contributed by atoms with Crippen molar-refractivity contribution in [2.24, 2.45) is 0 Å². The first kappa shape index (κ1) is 20.3. The fraction of sp³-hybridized carbons (Fsp3) is 0.571. The summed E-state index contributed by atoms with van der Waals surface area (Å²) in [5.74, 6) is 0.114. The van der Waals surface area contributed by atoms with Crippen LogP contribution in [0.25, 0.3) is 0 Å². The molecule has 3 amide bonds. The molecule has 1 N–H and O–H groups in total. The molecule has 7 heteroatoms. The lowest BCUT2D eigenvalue weighted by molar-refractivity contribution is -0.137. The van der Waals surface area contributed by atoms with Crippen molar-refractivity contribution in [1.82, 2.24) is 20.0 Å². The van der Waals surface area contributed by atoms with Gasteiger partial charge in [0.15, 0.2) is 0 Å². The Morgan fingerprint density at radius 2 is 1.79 bits per heavy atom. The highest BCUT2D eigenvalue weighted by Crippen LogP contribution is 2.32. The Morgan fingerprint density at radius 3 is 2.46 bits per heavy atom. The lowest BCUT2D eigenvalue weighted by Crippen LogP contribution is -2.52. The molecule has 3 rings (SSSR count). The van der Waals surface area contributed by atoms with Crippen LogP contribution < -0.4 is 5.32 Å². The van der Waals surface area contributed by atoms with Crippen LogP contribution in [0.5, 0.6) is 0 Å². The topological polar surface area (TPSA) is 73.0 Å². The van der Waals surface area contributed by atoms with E-state index in [1.807, 2.05) is 34.9 Å². The average molecular weight is 386 g/mol. The Bertz CT molecular complexity index is 728. The molecular weight excluding hydrogens is 356 g/mol. The van der Waals surface area contributed by atoms with E-state index in [0.717, 1.165) is 12.0 Å². The van der Waals surface area contributed by atoms with Crippen LogP contribution >= 0.6 is 0 Å². The maximum atomic E-state index is 13.0. The Hall–Kier alpha value is -2.41. The van der Waals surface area contributed by atoms with E-state index >= 15 is 0 Å². The van der Waals surface area contributed by atoms with Gasteiger partial charge in [-0.2, -0.15) is 0 Å². The zero-order chi connectivity index (χ0) is 20.1. The molecule has 152 valence electrons. The molecule has 28 heavy (non-hydrogen) atoms. The minimum atomic E-state index is -0.191. The third-order valence-electron chi connectivity index (χ3n) is 5.65. The number of hydrogen-bond donors (Lipinski definition) is 1. The molecule has 2 aliphatic heterocycles. The summed E-state index contributed by atoms with van der Waals surface area (Å²) in [6, 6.07) is 7.91. The van der Waals surface area contributed by atoms with Gasteiger partial charge in [0.25, 0.3) is 0 Å². The van der Waals surface area contributed by atoms with Crippen LogP contribution in [-0.2, 0) is 20.8 Å². The summed E-state index contributed by atoms with van der Waals surface area (Å²) in [6.45, 7) is 7.77. The number of fused-ring (bicyclic) bond motifs is 1. The van der Waals surface area contributed by atoms with E-state index in [4.69, 9.17) is 0 Å².